The Morgan fingerprint density at radius 2 is 1.07 bits per heavy atom. The Balaban J connectivity index is 4.52. The van der Waals surface area contributed by atoms with Crippen LogP contribution in [0.4, 0.5) is 0 Å². The van der Waals surface area contributed by atoms with E-state index in [2.05, 4.69) is 21.3 Å². The topological polar surface area (TPSA) is 206 Å². The minimum absolute atomic E-state index is 0.441. The van der Waals surface area contributed by atoms with E-state index in [0.717, 1.165) is 6.42 Å². The minimum Gasteiger partial charge on any atom is -0.480 e. The average molecular weight is 431 g/mol. The SMILES string of the molecule is C[C@@H](NC(=O)[C@@H](C)NC(=O)[C@@H](C)NC(=O)[C@@H](C)NC(=O)[C@@H](N)CCCCN)C(=O)O. The van der Waals surface area contributed by atoms with Crippen LogP contribution in [-0.4, -0.2) is 71.5 Å². The lowest BCUT2D eigenvalue weighted by Gasteiger charge is -2.21. The summed E-state index contributed by atoms with van der Waals surface area (Å²) in [5, 5.41) is 18.3. The van der Waals surface area contributed by atoms with E-state index in [9.17, 15) is 24.0 Å². The molecule has 0 aliphatic heterocycles. The van der Waals surface area contributed by atoms with Gasteiger partial charge < -0.3 is 37.8 Å². The number of amides is 4. The molecular weight excluding hydrogens is 396 g/mol. The van der Waals surface area contributed by atoms with E-state index < -0.39 is 59.8 Å². The zero-order chi connectivity index (χ0) is 23.4. The van der Waals surface area contributed by atoms with Crippen molar-refractivity contribution in [3.63, 3.8) is 0 Å². The molecule has 0 radical (unpaired) electrons. The first-order valence-corrected chi connectivity index (χ1v) is 9.80. The third-order valence-corrected chi connectivity index (χ3v) is 4.29. The summed E-state index contributed by atoms with van der Waals surface area (Å²) in [5.74, 6) is -3.62. The smallest absolute Gasteiger partial charge is 0.325 e. The van der Waals surface area contributed by atoms with Gasteiger partial charge in [0.1, 0.15) is 24.2 Å². The molecule has 12 heteroatoms. The van der Waals surface area contributed by atoms with Crippen molar-refractivity contribution in [3.05, 3.63) is 0 Å². The van der Waals surface area contributed by atoms with Gasteiger partial charge in [-0.1, -0.05) is 6.42 Å². The molecule has 0 aliphatic carbocycles. The zero-order valence-electron chi connectivity index (χ0n) is 17.9. The predicted molar refractivity (Wildman–Crippen MR) is 109 cm³/mol. The molecule has 0 bridgehead atoms. The summed E-state index contributed by atoms with van der Waals surface area (Å²) in [6, 6.07) is -4.81. The van der Waals surface area contributed by atoms with Gasteiger partial charge in [-0.15, -0.1) is 0 Å². The van der Waals surface area contributed by atoms with Crippen molar-refractivity contribution in [2.75, 3.05) is 6.54 Å². The van der Waals surface area contributed by atoms with Crippen LogP contribution in [0.5, 0.6) is 0 Å². The highest BCUT2D eigenvalue weighted by Crippen LogP contribution is 1.99. The van der Waals surface area contributed by atoms with Gasteiger partial charge in [0.15, 0.2) is 0 Å². The van der Waals surface area contributed by atoms with Crippen molar-refractivity contribution >= 4 is 29.6 Å². The van der Waals surface area contributed by atoms with Crippen LogP contribution in [0.25, 0.3) is 0 Å². The maximum absolute atomic E-state index is 12.2. The number of carboxylic acids is 1. The molecule has 0 rings (SSSR count). The van der Waals surface area contributed by atoms with Crippen molar-refractivity contribution in [3.8, 4) is 0 Å². The highest BCUT2D eigenvalue weighted by Gasteiger charge is 2.25. The molecule has 0 aromatic heterocycles. The summed E-state index contributed by atoms with van der Waals surface area (Å²) in [6.45, 7) is 6.04. The first kappa shape index (κ1) is 27.3. The molecule has 0 fully saturated rings. The van der Waals surface area contributed by atoms with E-state index in [1.807, 2.05) is 0 Å². The minimum atomic E-state index is -1.21. The number of unbranched alkanes of at least 4 members (excludes halogenated alkanes) is 1. The highest BCUT2D eigenvalue weighted by atomic mass is 16.4. The second kappa shape index (κ2) is 13.5. The van der Waals surface area contributed by atoms with Crippen molar-refractivity contribution in [2.45, 2.75) is 77.2 Å². The monoisotopic (exact) mass is 430 g/mol. The fraction of sp³-hybridized carbons (Fsp3) is 0.722. The summed E-state index contributed by atoms with van der Waals surface area (Å²) in [5.41, 5.74) is 11.2. The molecule has 0 aromatic carbocycles. The van der Waals surface area contributed by atoms with Crippen molar-refractivity contribution in [1.82, 2.24) is 21.3 Å². The summed E-state index contributed by atoms with van der Waals surface area (Å²) in [4.78, 5) is 59.0. The van der Waals surface area contributed by atoms with Crippen LogP contribution in [0.2, 0.25) is 0 Å². The van der Waals surface area contributed by atoms with Gasteiger partial charge in [0.2, 0.25) is 23.6 Å². The molecule has 0 saturated heterocycles. The van der Waals surface area contributed by atoms with E-state index in [1.54, 1.807) is 0 Å². The molecule has 0 heterocycles. The Hall–Kier alpha value is -2.73. The molecular formula is C18H34N6O6. The molecule has 4 amide bonds. The summed E-state index contributed by atoms with van der Waals surface area (Å²) >= 11 is 0. The number of rotatable bonds is 13. The molecule has 0 spiro atoms. The standard InChI is InChI=1S/C18H34N6O6/c1-9(14(25)22-10(2)16(27)24-12(4)18(29)30)21-15(26)11(3)23-17(28)13(20)7-5-6-8-19/h9-13H,5-8,19-20H2,1-4H3,(H,21,26)(H,22,25)(H,23,28)(H,24,27)(H,29,30)/t9-,10-,11-,12-,13+/m1/s1. The molecule has 0 aliphatic rings. The fourth-order valence-electron chi connectivity index (χ4n) is 2.23. The first-order valence-electron chi connectivity index (χ1n) is 9.80. The number of nitrogens with two attached hydrogens (primary N) is 2. The summed E-state index contributed by atoms with van der Waals surface area (Å²) < 4.78 is 0. The van der Waals surface area contributed by atoms with E-state index in [1.165, 1.54) is 27.7 Å². The highest BCUT2D eigenvalue weighted by molar-refractivity contribution is 5.94. The average Bonchev–Trinajstić information content (AvgIpc) is 2.67. The predicted octanol–water partition coefficient (Wildman–Crippen LogP) is -2.45. The number of hydrogen-bond donors (Lipinski definition) is 7. The molecule has 5 atom stereocenters. The van der Waals surface area contributed by atoms with Gasteiger partial charge in [-0.25, -0.2) is 0 Å². The summed E-state index contributed by atoms with van der Waals surface area (Å²) in [7, 11) is 0. The van der Waals surface area contributed by atoms with Crippen LogP contribution in [-0.2, 0) is 24.0 Å². The summed E-state index contributed by atoms with van der Waals surface area (Å²) in [6.07, 6.45) is 1.88. The van der Waals surface area contributed by atoms with Gasteiger partial charge >= 0.3 is 5.97 Å². The fourth-order valence-corrected chi connectivity index (χ4v) is 2.23. The molecule has 9 N–H and O–H groups in total. The van der Waals surface area contributed by atoms with Crippen LogP contribution in [0.1, 0.15) is 47.0 Å². The number of carboxylic acid groups (broad SMARTS) is 1. The molecule has 172 valence electrons. The molecule has 0 saturated carbocycles. The lowest BCUT2D eigenvalue weighted by molar-refractivity contribution is -0.141. The number of hydrogen-bond acceptors (Lipinski definition) is 7. The van der Waals surface area contributed by atoms with Crippen LogP contribution in [0.15, 0.2) is 0 Å². The van der Waals surface area contributed by atoms with Crippen molar-refractivity contribution < 1.29 is 29.1 Å². The van der Waals surface area contributed by atoms with E-state index in [0.29, 0.717) is 19.4 Å². The maximum atomic E-state index is 12.2. The Kier molecular flexibility index (Phi) is 12.3. The largest absolute Gasteiger partial charge is 0.480 e. The number of aliphatic carboxylic acids is 1. The van der Waals surface area contributed by atoms with E-state index in [4.69, 9.17) is 16.6 Å². The van der Waals surface area contributed by atoms with Gasteiger partial charge in [-0.05, 0) is 47.1 Å². The third kappa shape index (κ3) is 10.2. The van der Waals surface area contributed by atoms with Crippen LogP contribution >= 0.6 is 0 Å². The van der Waals surface area contributed by atoms with Crippen LogP contribution in [0.3, 0.4) is 0 Å². The normalized spacial score (nSPS) is 15.7. The number of nitrogens with one attached hydrogen (secondary N) is 4. The molecule has 12 nitrogen and oxygen atoms in total. The van der Waals surface area contributed by atoms with Crippen molar-refractivity contribution in [2.24, 2.45) is 11.5 Å². The molecule has 30 heavy (non-hydrogen) atoms. The van der Waals surface area contributed by atoms with Crippen LogP contribution < -0.4 is 32.7 Å². The Morgan fingerprint density at radius 3 is 1.43 bits per heavy atom. The van der Waals surface area contributed by atoms with E-state index >= 15 is 0 Å². The quantitative estimate of drug-likeness (QED) is 0.156. The van der Waals surface area contributed by atoms with E-state index in [-0.39, 0.29) is 0 Å². The number of carbonyl (C=O) groups excluding carboxylic acids is 4. The third-order valence-electron chi connectivity index (χ3n) is 4.29. The Bertz CT molecular complexity index is 628. The second-order valence-corrected chi connectivity index (χ2v) is 7.15. The Morgan fingerprint density at radius 1 is 0.700 bits per heavy atom. The van der Waals surface area contributed by atoms with Crippen molar-refractivity contribution in [1.29, 1.82) is 0 Å². The molecule has 0 unspecified atom stereocenters. The molecule has 0 aromatic rings. The van der Waals surface area contributed by atoms with Gasteiger partial charge in [0, 0.05) is 0 Å². The van der Waals surface area contributed by atoms with Gasteiger partial charge in [0.05, 0.1) is 6.04 Å². The number of carbonyl (C=O) groups is 5. The van der Waals surface area contributed by atoms with Gasteiger partial charge in [0.25, 0.3) is 0 Å². The lowest BCUT2D eigenvalue weighted by Crippen LogP contribution is -2.56. The van der Waals surface area contributed by atoms with Crippen LogP contribution in [0, 0.1) is 0 Å². The second-order valence-electron chi connectivity index (χ2n) is 7.15. The lowest BCUT2D eigenvalue weighted by atomic mass is 10.1. The Labute approximate surface area is 175 Å². The maximum Gasteiger partial charge on any atom is 0.325 e. The van der Waals surface area contributed by atoms with Gasteiger partial charge in [-0.3, -0.25) is 24.0 Å². The zero-order valence-corrected chi connectivity index (χ0v) is 17.9. The van der Waals surface area contributed by atoms with Gasteiger partial charge in [-0.2, -0.15) is 0 Å². The first-order chi connectivity index (χ1) is 13.9.